The summed E-state index contributed by atoms with van der Waals surface area (Å²) in [5, 5.41) is 12.2. The molecule has 1 aromatic rings. The van der Waals surface area contributed by atoms with Crippen molar-refractivity contribution >= 4 is 17.8 Å². The summed E-state index contributed by atoms with van der Waals surface area (Å²) in [5.41, 5.74) is 0. The van der Waals surface area contributed by atoms with Crippen LogP contribution in [0, 0.1) is 0 Å². The number of nitrogens with one attached hydrogen (secondary N) is 1. The van der Waals surface area contributed by atoms with Crippen LogP contribution in [0.25, 0.3) is 0 Å². The standard InChI is InChI=1S/C13H24N6O2/c1-14-11-15-12(18-5-3-4-6-18)17-13(16-11)19(7-9-20)8-10-21-2/h20H,3-10H2,1-2H3,(H,14,15,16,17). The number of rotatable bonds is 8. The lowest BCUT2D eigenvalue weighted by Gasteiger charge is -2.23. The second-order valence-electron chi connectivity index (χ2n) is 4.91. The maximum atomic E-state index is 9.22. The second-order valence-corrected chi connectivity index (χ2v) is 4.91. The monoisotopic (exact) mass is 296 g/mol. The van der Waals surface area contributed by atoms with Crippen LogP contribution < -0.4 is 15.1 Å². The molecular formula is C13H24N6O2. The molecule has 0 unspecified atom stereocenters. The first kappa shape index (κ1) is 15.7. The van der Waals surface area contributed by atoms with Gasteiger partial charge in [-0.1, -0.05) is 0 Å². The van der Waals surface area contributed by atoms with Gasteiger partial charge in [0.25, 0.3) is 0 Å². The molecule has 8 nitrogen and oxygen atoms in total. The van der Waals surface area contributed by atoms with E-state index in [1.807, 2.05) is 4.90 Å². The van der Waals surface area contributed by atoms with Crippen molar-refractivity contribution in [2.75, 3.05) is 68.7 Å². The van der Waals surface area contributed by atoms with E-state index in [1.165, 1.54) is 12.8 Å². The highest BCUT2D eigenvalue weighted by Crippen LogP contribution is 2.20. The minimum absolute atomic E-state index is 0.0450. The topological polar surface area (TPSA) is 86.6 Å². The number of aliphatic hydroxyl groups excluding tert-OH is 1. The molecule has 0 atom stereocenters. The highest BCUT2D eigenvalue weighted by Gasteiger charge is 2.19. The zero-order chi connectivity index (χ0) is 15.1. The molecule has 2 rings (SSSR count). The van der Waals surface area contributed by atoms with Crippen molar-refractivity contribution in [1.29, 1.82) is 0 Å². The molecule has 1 aromatic heterocycles. The Morgan fingerprint density at radius 2 is 2.00 bits per heavy atom. The van der Waals surface area contributed by atoms with Crippen molar-refractivity contribution in [2.45, 2.75) is 12.8 Å². The normalized spacial score (nSPS) is 14.5. The summed E-state index contributed by atoms with van der Waals surface area (Å²) in [6, 6.07) is 0. The molecule has 1 aliphatic heterocycles. The fraction of sp³-hybridized carbons (Fsp3) is 0.769. The number of ether oxygens (including phenoxy) is 1. The summed E-state index contributed by atoms with van der Waals surface area (Å²) in [7, 11) is 3.44. The van der Waals surface area contributed by atoms with Gasteiger partial charge in [0, 0.05) is 40.3 Å². The number of methoxy groups -OCH3 is 1. The molecule has 0 bridgehead atoms. The third kappa shape index (κ3) is 4.15. The first-order chi connectivity index (χ1) is 10.3. The molecule has 2 N–H and O–H groups in total. The van der Waals surface area contributed by atoms with Gasteiger partial charge in [0.1, 0.15) is 0 Å². The fourth-order valence-corrected chi connectivity index (χ4v) is 2.30. The van der Waals surface area contributed by atoms with Crippen LogP contribution in [0.2, 0.25) is 0 Å². The van der Waals surface area contributed by atoms with E-state index in [2.05, 4.69) is 25.2 Å². The van der Waals surface area contributed by atoms with E-state index >= 15 is 0 Å². The Hall–Kier alpha value is -1.67. The molecule has 0 saturated carbocycles. The van der Waals surface area contributed by atoms with Crippen LogP contribution >= 0.6 is 0 Å². The first-order valence-electron chi connectivity index (χ1n) is 7.32. The summed E-state index contributed by atoms with van der Waals surface area (Å²) in [6.45, 7) is 3.65. The molecule has 21 heavy (non-hydrogen) atoms. The van der Waals surface area contributed by atoms with E-state index in [0.717, 1.165) is 13.1 Å². The quantitative estimate of drug-likeness (QED) is 0.691. The van der Waals surface area contributed by atoms with Crippen LogP contribution in [-0.4, -0.2) is 73.6 Å². The Balaban J connectivity index is 2.24. The molecule has 0 aliphatic carbocycles. The third-order valence-corrected chi connectivity index (χ3v) is 3.44. The van der Waals surface area contributed by atoms with Crippen molar-refractivity contribution in [1.82, 2.24) is 15.0 Å². The maximum Gasteiger partial charge on any atom is 0.232 e. The Morgan fingerprint density at radius 3 is 2.62 bits per heavy atom. The fourth-order valence-electron chi connectivity index (χ4n) is 2.30. The van der Waals surface area contributed by atoms with Gasteiger partial charge in [0.05, 0.1) is 13.2 Å². The third-order valence-electron chi connectivity index (χ3n) is 3.44. The SMILES string of the molecule is CNc1nc(N2CCCC2)nc(N(CCO)CCOC)n1. The van der Waals surface area contributed by atoms with Crippen molar-refractivity contribution < 1.29 is 9.84 Å². The molecule has 1 aliphatic rings. The first-order valence-corrected chi connectivity index (χ1v) is 7.32. The summed E-state index contributed by atoms with van der Waals surface area (Å²) in [6.07, 6.45) is 2.33. The van der Waals surface area contributed by atoms with E-state index in [9.17, 15) is 5.11 Å². The van der Waals surface area contributed by atoms with Crippen LogP contribution in [0.4, 0.5) is 17.8 Å². The van der Waals surface area contributed by atoms with Crippen molar-refractivity contribution in [2.24, 2.45) is 0 Å². The summed E-state index contributed by atoms with van der Waals surface area (Å²) >= 11 is 0. The molecular weight excluding hydrogens is 272 g/mol. The van der Waals surface area contributed by atoms with Gasteiger partial charge < -0.3 is 25.0 Å². The van der Waals surface area contributed by atoms with Gasteiger partial charge in [-0.2, -0.15) is 15.0 Å². The minimum atomic E-state index is 0.0450. The number of hydrogen-bond donors (Lipinski definition) is 2. The molecule has 8 heteroatoms. The predicted molar refractivity (Wildman–Crippen MR) is 82.0 cm³/mol. The van der Waals surface area contributed by atoms with Crippen molar-refractivity contribution in [3.63, 3.8) is 0 Å². The second kappa shape index (κ2) is 7.94. The van der Waals surface area contributed by atoms with E-state index in [1.54, 1.807) is 14.2 Å². The number of anilines is 3. The van der Waals surface area contributed by atoms with Crippen LogP contribution in [0.1, 0.15) is 12.8 Å². The number of nitrogens with zero attached hydrogens (tertiary/aromatic N) is 5. The van der Waals surface area contributed by atoms with E-state index in [-0.39, 0.29) is 6.61 Å². The van der Waals surface area contributed by atoms with Gasteiger partial charge in [-0.15, -0.1) is 0 Å². The van der Waals surface area contributed by atoms with Crippen LogP contribution in [0.15, 0.2) is 0 Å². The maximum absolute atomic E-state index is 9.22. The van der Waals surface area contributed by atoms with E-state index in [0.29, 0.717) is 37.5 Å². The summed E-state index contributed by atoms with van der Waals surface area (Å²) < 4.78 is 5.11. The van der Waals surface area contributed by atoms with Gasteiger partial charge >= 0.3 is 0 Å². The predicted octanol–water partition coefficient (Wildman–Crippen LogP) is -0.0414. The lowest BCUT2D eigenvalue weighted by Crippen LogP contribution is -2.33. The number of aliphatic hydroxyl groups is 1. The van der Waals surface area contributed by atoms with Crippen LogP contribution in [0.3, 0.4) is 0 Å². The summed E-state index contributed by atoms with van der Waals surface area (Å²) in [5.74, 6) is 1.81. The van der Waals surface area contributed by atoms with E-state index in [4.69, 9.17) is 4.74 Å². The smallest absolute Gasteiger partial charge is 0.232 e. The lowest BCUT2D eigenvalue weighted by molar-refractivity contribution is 0.202. The lowest BCUT2D eigenvalue weighted by atomic mass is 10.4. The zero-order valence-electron chi connectivity index (χ0n) is 12.7. The van der Waals surface area contributed by atoms with Crippen LogP contribution in [-0.2, 0) is 4.74 Å². The van der Waals surface area contributed by atoms with Crippen LogP contribution in [0.5, 0.6) is 0 Å². The summed E-state index contributed by atoms with van der Waals surface area (Å²) in [4.78, 5) is 17.5. The molecule has 0 spiro atoms. The van der Waals surface area contributed by atoms with Gasteiger partial charge in [-0.3, -0.25) is 0 Å². The Kier molecular flexibility index (Phi) is 5.94. The van der Waals surface area contributed by atoms with Gasteiger partial charge in [-0.25, -0.2) is 0 Å². The molecule has 0 aromatic carbocycles. The molecule has 2 heterocycles. The minimum Gasteiger partial charge on any atom is -0.395 e. The molecule has 118 valence electrons. The molecule has 0 radical (unpaired) electrons. The van der Waals surface area contributed by atoms with Gasteiger partial charge in [-0.05, 0) is 12.8 Å². The average molecular weight is 296 g/mol. The molecule has 0 amide bonds. The molecule has 1 saturated heterocycles. The number of hydrogen-bond acceptors (Lipinski definition) is 8. The van der Waals surface area contributed by atoms with Gasteiger partial charge in [0.2, 0.25) is 17.8 Å². The van der Waals surface area contributed by atoms with Gasteiger partial charge in [0.15, 0.2) is 0 Å². The Morgan fingerprint density at radius 1 is 1.24 bits per heavy atom. The average Bonchev–Trinajstić information content (AvgIpc) is 3.05. The highest BCUT2D eigenvalue weighted by atomic mass is 16.5. The highest BCUT2D eigenvalue weighted by molar-refractivity contribution is 5.45. The largest absolute Gasteiger partial charge is 0.395 e. The zero-order valence-corrected chi connectivity index (χ0v) is 12.7. The number of aromatic nitrogens is 3. The van der Waals surface area contributed by atoms with Crippen molar-refractivity contribution in [3.05, 3.63) is 0 Å². The van der Waals surface area contributed by atoms with Crippen molar-refractivity contribution in [3.8, 4) is 0 Å². The Bertz CT molecular complexity index is 439. The Labute approximate surface area is 125 Å². The molecule has 1 fully saturated rings. The van der Waals surface area contributed by atoms with E-state index < -0.39 is 0 Å².